The molecule has 0 heterocycles. The highest BCUT2D eigenvalue weighted by Crippen LogP contribution is 2.22. The molecule has 0 bridgehead atoms. The minimum atomic E-state index is -0.583. The number of ether oxygens (including phenoxy) is 2. The molecule has 0 atom stereocenters. The molecule has 94 valence electrons. The number of benzene rings is 1. The molecule has 0 aliphatic heterocycles. The van der Waals surface area contributed by atoms with E-state index in [1.54, 1.807) is 45.2 Å². The molecular weight excluding hydrogens is 230 g/mol. The van der Waals surface area contributed by atoms with Crippen LogP contribution in [-0.4, -0.2) is 19.7 Å². The maximum absolute atomic E-state index is 11.6. The number of allylic oxidation sites excluding steroid dienone is 1. The van der Waals surface area contributed by atoms with E-state index in [0.29, 0.717) is 5.57 Å². The van der Waals surface area contributed by atoms with E-state index in [0.717, 1.165) is 11.3 Å². The Hall–Kier alpha value is -2.28. The summed E-state index contributed by atoms with van der Waals surface area (Å²) in [4.78, 5) is 14.8. The van der Waals surface area contributed by atoms with Crippen LogP contribution in [0.4, 0.5) is 0 Å². The molecule has 0 aliphatic carbocycles. The van der Waals surface area contributed by atoms with E-state index in [1.165, 1.54) is 0 Å². The topological polar surface area (TPSA) is 39.9 Å². The number of esters is 1. The van der Waals surface area contributed by atoms with E-state index in [2.05, 4.69) is 4.85 Å². The summed E-state index contributed by atoms with van der Waals surface area (Å²) in [5, 5.41) is 0. The highest BCUT2D eigenvalue weighted by molar-refractivity contribution is 5.99. The molecule has 0 spiro atoms. The van der Waals surface area contributed by atoms with Crippen LogP contribution in [0.15, 0.2) is 30.0 Å². The molecule has 0 fully saturated rings. The number of carbonyl (C=O) groups excluding carboxylic acids is 1. The Labute approximate surface area is 107 Å². The first-order valence-electron chi connectivity index (χ1n) is 5.53. The highest BCUT2D eigenvalue weighted by atomic mass is 16.5. The fourth-order valence-electron chi connectivity index (χ4n) is 1.46. The average Bonchev–Trinajstić information content (AvgIpc) is 2.40. The van der Waals surface area contributed by atoms with Crippen LogP contribution in [0.5, 0.6) is 5.75 Å². The highest BCUT2D eigenvalue weighted by Gasteiger charge is 2.15. The number of rotatable bonds is 4. The van der Waals surface area contributed by atoms with Gasteiger partial charge in [0, 0.05) is 0 Å². The van der Waals surface area contributed by atoms with Gasteiger partial charge in [-0.25, -0.2) is 4.85 Å². The van der Waals surface area contributed by atoms with Crippen molar-refractivity contribution in [2.75, 3.05) is 13.7 Å². The largest absolute Gasteiger partial charge is 0.497 e. The maximum atomic E-state index is 11.6. The van der Waals surface area contributed by atoms with E-state index in [9.17, 15) is 4.79 Å². The molecule has 0 saturated heterocycles. The van der Waals surface area contributed by atoms with Crippen molar-refractivity contribution in [1.82, 2.24) is 0 Å². The standard InChI is InChI=1S/C14H15NO3/c1-5-18-14(16)13(15-3)10(2)11-6-8-12(17-4)9-7-11/h6-9H,5H2,1-2,4H3/b13-10-. The van der Waals surface area contributed by atoms with Gasteiger partial charge in [-0.3, -0.25) is 4.79 Å². The van der Waals surface area contributed by atoms with Crippen molar-refractivity contribution in [3.63, 3.8) is 0 Å². The Morgan fingerprint density at radius 2 is 1.94 bits per heavy atom. The summed E-state index contributed by atoms with van der Waals surface area (Å²) in [5.74, 6) is 0.146. The average molecular weight is 245 g/mol. The van der Waals surface area contributed by atoms with Gasteiger partial charge >= 0.3 is 5.97 Å². The molecule has 0 aliphatic rings. The van der Waals surface area contributed by atoms with Crippen molar-refractivity contribution >= 4 is 11.5 Å². The smallest absolute Gasteiger partial charge is 0.336 e. The van der Waals surface area contributed by atoms with Crippen LogP contribution in [-0.2, 0) is 9.53 Å². The summed E-state index contributed by atoms with van der Waals surface area (Å²) in [6.07, 6.45) is 0. The van der Waals surface area contributed by atoms with E-state index < -0.39 is 5.97 Å². The van der Waals surface area contributed by atoms with Gasteiger partial charge in [-0.15, -0.1) is 0 Å². The lowest BCUT2D eigenvalue weighted by Gasteiger charge is -2.07. The lowest BCUT2D eigenvalue weighted by atomic mass is 10.1. The normalized spacial score (nSPS) is 11.2. The third-order valence-electron chi connectivity index (χ3n) is 2.46. The first-order valence-corrected chi connectivity index (χ1v) is 5.53. The fourth-order valence-corrected chi connectivity index (χ4v) is 1.46. The summed E-state index contributed by atoms with van der Waals surface area (Å²) < 4.78 is 9.90. The lowest BCUT2D eigenvalue weighted by molar-refractivity contribution is -0.138. The van der Waals surface area contributed by atoms with Crippen molar-refractivity contribution in [2.24, 2.45) is 0 Å². The van der Waals surface area contributed by atoms with E-state index in [1.807, 2.05) is 0 Å². The second-order valence-electron chi connectivity index (χ2n) is 3.53. The van der Waals surface area contributed by atoms with Crippen LogP contribution in [0.25, 0.3) is 10.4 Å². The molecule has 0 N–H and O–H groups in total. The van der Waals surface area contributed by atoms with Gasteiger partial charge in [0.05, 0.1) is 20.3 Å². The SMILES string of the molecule is [C-]#[N+]/C(C(=O)OCC)=C(/C)c1ccc(OC)cc1. The number of nitrogens with zero attached hydrogens (tertiary/aromatic N) is 1. The molecule has 0 aromatic heterocycles. The Bertz CT molecular complexity index is 495. The van der Waals surface area contributed by atoms with Gasteiger partial charge in [-0.05, 0) is 37.1 Å². The zero-order valence-electron chi connectivity index (χ0n) is 10.7. The number of methoxy groups -OCH3 is 1. The zero-order valence-corrected chi connectivity index (χ0v) is 10.7. The van der Waals surface area contributed by atoms with E-state index in [4.69, 9.17) is 16.0 Å². The van der Waals surface area contributed by atoms with Crippen LogP contribution < -0.4 is 4.74 Å². The zero-order chi connectivity index (χ0) is 13.5. The van der Waals surface area contributed by atoms with E-state index in [-0.39, 0.29) is 12.3 Å². The molecule has 1 aromatic carbocycles. The molecular formula is C14H15NO3. The van der Waals surface area contributed by atoms with Crippen LogP contribution in [0, 0.1) is 6.57 Å². The predicted octanol–water partition coefficient (Wildman–Crippen LogP) is 2.91. The summed E-state index contributed by atoms with van der Waals surface area (Å²) in [5.41, 5.74) is 1.42. The third kappa shape index (κ3) is 3.11. The minimum Gasteiger partial charge on any atom is -0.497 e. The molecule has 4 heteroatoms. The van der Waals surface area contributed by atoms with Crippen molar-refractivity contribution in [1.29, 1.82) is 0 Å². The van der Waals surface area contributed by atoms with Gasteiger partial charge in [-0.2, -0.15) is 0 Å². The molecule has 4 nitrogen and oxygen atoms in total. The minimum absolute atomic E-state index is 0.0158. The molecule has 0 radical (unpaired) electrons. The molecule has 0 saturated carbocycles. The van der Waals surface area contributed by atoms with Gasteiger partial charge in [0.2, 0.25) is 0 Å². The monoisotopic (exact) mass is 245 g/mol. The molecule has 0 amide bonds. The van der Waals surface area contributed by atoms with Crippen molar-refractivity contribution in [3.05, 3.63) is 46.9 Å². The first kappa shape index (κ1) is 13.8. The first-order chi connectivity index (χ1) is 8.63. The Balaban J connectivity index is 3.11. The summed E-state index contributed by atoms with van der Waals surface area (Å²) in [6.45, 7) is 10.8. The van der Waals surface area contributed by atoms with Gasteiger partial charge in [0.1, 0.15) is 5.75 Å². The fraction of sp³-hybridized carbons (Fsp3) is 0.286. The Morgan fingerprint density at radius 1 is 1.33 bits per heavy atom. The van der Waals surface area contributed by atoms with Gasteiger partial charge in [0.15, 0.2) is 0 Å². The quantitative estimate of drug-likeness (QED) is 0.465. The van der Waals surface area contributed by atoms with Crippen LogP contribution >= 0.6 is 0 Å². The number of carbonyl (C=O) groups is 1. The second kappa shape index (κ2) is 6.45. The number of hydrogen-bond donors (Lipinski definition) is 0. The summed E-state index contributed by atoms with van der Waals surface area (Å²) in [7, 11) is 1.58. The maximum Gasteiger partial charge on any atom is 0.336 e. The van der Waals surface area contributed by atoms with Crippen LogP contribution in [0.3, 0.4) is 0 Å². The second-order valence-corrected chi connectivity index (χ2v) is 3.53. The molecule has 1 aromatic rings. The Kier molecular flexibility index (Phi) is 4.94. The lowest BCUT2D eigenvalue weighted by Crippen LogP contribution is -2.06. The van der Waals surface area contributed by atoms with Gasteiger partial charge in [-0.1, -0.05) is 12.1 Å². The summed E-state index contributed by atoms with van der Waals surface area (Å²) >= 11 is 0. The van der Waals surface area contributed by atoms with Crippen molar-refractivity contribution in [2.45, 2.75) is 13.8 Å². The van der Waals surface area contributed by atoms with Crippen molar-refractivity contribution in [3.8, 4) is 5.75 Å². The molecule has 1 rings (SSSR count). The third-order valence-corrected chi connectivity index (χ3v) is 2.46. The number of hydrogen-bond acceptors (Lipinski definition) is 3. The Morgan fingerprint density at radius 3 is 2.39 bits per heavy atom. The van der Waals surface area contributed by atoms with E-state index >= 15 is 0 Å². The predicted molar refractivity (Wildman–Crippen MR) is 68.8 cm³/mol. The van der Waals surface area contributed by atoms with Crippen LogP contribution in [0.1, 0.15) is 19.4 Å². The molecule has 18 heavy (non-hydrogen) atoms. The van der Waals surface area contributed by atoms with Gasteiger partial charge in [0.25, 0.3) is 5.70 Å². The van der Waals surface area contributed by atoms with Crippen LogP contribution in [0.2, 0.25) is 0 Å². The summed E-state index contributed by atoms with van der Waals surface area (Å²) in [6, 6.07) is 7.17. The van der Waals surface area contributed by atoms with Crippen molar-refractivity contribution < 1.29 is 14.3 Å². The molecule has 0 unspecified atom stereocenters. The van der Waals surface area contributed by atoms with Gasteiger partial charge < -0.3 is 9.47 Å².